The molecular weight excluding hydrogens is 452 g/mol. The quantitative estimate of drug-likeness (QED) is 0.287. The molecule has 0 bridgehead atoms. The fraction of sp³-hybridized carbons (Fsp3) is 0.222. The van der Waals surface area contributed by atoms with Crippen LogP contribution in [0.3, 0.4) is 0 Å². The second kappa shape index (κ2) is 9.31. The van der Waals surface area contributed by atoms with Crippen LogP contribution in [0.1, 0.15) is 42.3 Å². The van der Waals surface area contributed by atoms with Crippen LogP contribution >= 0.6 is 11.6 Å². The van der Waals surface area contributed by atoms with Crippen LogP contribution in [0.4, 0.5) is 5.69 Å². The first-order valence-electron chi connectivity index (χ1n) is 11.0. The molecule has 1 aliphatic rings. The summed E-state index contributed by atoms with van der Waals surface area (Å²) >= 11 is 6.32. The molecule has 1 unspecified atom stereocenters. The Balaban J connectivity index is 1.91. The second-order valence-electron chi connectivity index (χ2n) is 8.45. The maximum atomic E-state index is 13.3. The first-order valence-corrected chi connectivity index (χ1v) is 11.3. The second-order valence-corrected chi connectivity index (χ2v) is 8.86. The van der Waals surface area contributed by atoms with Crippen LogP contribution in [0.15, 0.2) is 66.4 Å². The zero-order chi connectivity index (χ0) is 24.6. The molecule has 0 aliphatic carbocycles. The Morgan fingerprint density at radius 1 is 1.09 bits per heavy atom. The third kappa shape index (κ3) is 4.17. The van der Waals surface area contributed by atoms with Crippen molar-refractivity contribution in [2.75, 3.05) is 4.90 Å². The molecule has 0 spiro atoms. The lowest BCUT2D eigenvalue weighted by Crippen LogP contribution is -2.30. The molecular formula is C27H25ClN2O4. The van der Waals surface area contributed by atoms with E-state index >= 15 is 0 Å². The molecule has 1 atom stereocenters. The molecule has 7 heteroatoms. The molecule has 4 rings (SSSR count). The van der Waals surface area contributed by atoms with Gasteiger partial charge in [0.2, 0.25) is 0 Å². The highest BCUT2D eigenvalue weighted by atomic mass is 35.5. The van der Waals surface area contributed by atoms with Gasteiger partial charge in [0.25, 0.3) is 11.7 Å². The molecule has 174 valence electrons. The van der Waals surface area contributed by atoms with Crippen molar-refractivity contribution in [3.63, 3.8) is 0 Å². The molecule has 2 heterocycles. The molecule has 1 fully saturated rings. The Kier molecular flexibility index (Phi) is 6.44. The minimum absolute atomic E-state index is 0.00596. The number of aliphatic hydroxyl groups excluding tert-OH is 1. The molecule has 1 aliphatic heterocycles. The van der Waals surface area contributed by atoms with Crippen LogP contribution in [0.2, 0.25) is 5.02 Å². The molecule has 3 aromatic rings. The van der Waals surface area contributed by atoms with Gasteiger partial charge >= 0.3 is 0 Å². The lowest BCUT2D eigenvalue weighted by Gasteiger charge is -2.26. The number of carbonyl (C=O) groups is 2. The lowest BCUT2D eigenvalue weighted by molar-refractivity contribution is -0.132. The molecule has 0 saturated carbocycles. The van der Waals surface area contributed by atoms with Gasteiger partial charge in [-0.05, 0) is 81.3 Å². The van der Waals surface area contributed by atoms with Gasteiger partial charge in [0.05, 0.1) is 17.4 Å². The summed E-state index contributed by atoms with van der Waals surface area (Å²) in [6, 6.07) is 14.7. The van der Waals surface area contributed by atoms with Gasteiger partial charge in [-0.1, -0.05) is 23.7 Å². The summed E-state index contributed by atoms with van der Waals surface area (Å²) in [7, 11) is 0. The zero-order valence-corrected chi connectivity index (χ0v) is 20.1. The summed E-state index contributed by atoms with van der Waals surface area (Å²) in [5.41, 5.74) is 2.78. The lowest BCUT2D eigenvalue weighted by atomic mass is 9.97. The number of rotatable bonds is 5. The van der Waals surface area contributed by atoms with Crippen molar-refractivity contribution < 1.29 is 19.4 Å². The number of carbonyl (C=O) groups excluding carboxylic acids is 2. The number of aromatic nitrogens is 1. The Bertz CT molecular complexity index is 1300. The Morgan fingerprint density at radius 3 is 2.50 bits per heavy atom. The number of benzene rings is 2. The van der Waals surface area contributed by atoms with E-state index in [-0.39, 0.29) is 17.4 Å². The number of ether oxygens (including phenoxy) is 1. The minimum Gasteiger partial charge on any atom is -0.507 e. The van der Waals surface area contributed by atoms with Crippen LogP contribution in [0.5, 0.6) is 5.75 Å². The van der Waals surface area contributed by atoms with Gasteiger partial charge in [-0.2, -0.15) is 0 Å². The van der Waals surface area contributed by atoms with E-state index in [2.05, 4.69) is 4.98 Å². The predicted octanol–water partition coefficient (Wildman–Crippen LogP) is 5.77. The summed E-state index contributed by atoms with van der Waals surface area (Å²) in [4.78, 5) is 32.3. The van der Waals surface area contributed by atoms with Crippen molar-refractivity contribution in [1.29, 1.82) is 0 Å². The number of nitrogens with zero attached hydrogens (tertiary/aromatic N) is 2. The van der Waals surface area contributed by atoms with E-state index in [4.69, 9.17) is 16.3 Å². The van der Waals surface area contributed by atoms with Crippen molar-refractivity contribution in [3.8, 4) is 5.75 Å². The maximum absolute atomic E-state index is 13.3. The Labute approximate surface area is 203 Å². The topological polar surface area (TPSA) is 79.7 Å². The predicted molar refractivity (Wildman–Crippen MR) is 132 cm³/mol. The summed E-state index contributed by atoms with van der Waals surface area (Å²) in [6.07, 6.45) is 1.58. The van der Waals surface area contributed by atoms with Gasteiger partial charge < -0.3 is 9.84 Å². The molecule has 1 N–H and O–H groups in total. The number of hydrogen-bond acceptors (Lipinski definition) is 5. The van der Waals surface area contributed by atoms with Crippen LogP contribution < -0.4 is 9.64 Å². The van der Waals surface area contributed by atoms with Gasteiger partial charge in [0.1, 0.15) is 17.6 Å². The molecule has 0 radical (unpaired) electrons. The molecule has 34 heavy (non-hydrogen) atoms. The highest BCUT2D eigenvalue weighted by Gasteiger charge is 2.48. The fourth-order valence-electron chi connectivity index (χ4n) is 4.09. The number of amides is 1. The SMILES string of the molecule is Cc1cc(/C(O)=C2\C(=O)C(=O)N(c3cccc(Cl)c3C)C2c2ccccn2)ccc1OC(C)C. The van der Waals surface area contributed by atoms with E-state index in [0.717, 1.165) is 5.56 Å². The maximum Gasteiger partial charge on any atom is 0.300 e. The van der Waals surface area contributed by atoms with Crippen molar-refractivity contribution in [3.05, 3.63) is 93.8 Å². The highest BCUT2D eigenvalue weighted by Crippen LogP contribution is 2.43. The van der Waals surface area contributed by atoms with Crippen LogP contribution in [-0.4, -0.2) is 27.9 Å². The van der Waals surface area contributed by atoms with Crippen molar-refractivity contribution in [2.24, 2.45) is 0 Å². The monoisotopic (exact) mass is 476 g/mol. The van der Waals surface area contributed by atoms with E-state index in [1.807, 2.05) is 20.8 Å². The average molecular weight is 477 g/mol. The van der Waals surface area contributed by atoms with E-state index < -0.39 is 17.7 Å². The van der Waals surface area contributed by atoms with Gasteiger partial charge in [-0.15, -0.1) is 0 Å². The molecule has 1 amide bonds. The van der Waals surface area contributed by atoms with E-state index in [9.17, 15) is 14.7 Å². The summed E-state index contributed by atoms with van der Waals surface area (Å²) in [6.45, 7) is 7.50. The zero-order valence-electron chi connectivity index (χ0n) is 19.4. The first kappa shape index (κ1) is 23.5. The Hall–Kier alpha value is -3.64. The summed E-state index contributed by atoms with van der Waals surface area (Å²) in [5, 5.41) is 11.8. The molecule has 1 aromatic heterocycles. The van der Waals surface area contributed by atoms with Crippen LogP contribution in [-0.2, 0) is 9.59 Å². The number of Topliss-reactive ketones (excluding diaryl/α,β-unsaturated/α-hetero) is 1. The number of anilines is 1. The number of ketones is 1. The fourth-order valence-corrected chi connectivity index (χ4v) is 4.26. The van der Waals surface area contributed by atoms with E-state index in [1.54, 1.807) is 67.7 Å². The largest absolute Gasteiger partial charge is 0.507 e. The number of aryl methyl sites for hydroxylation is 1. The van der Waals surface area contributed by atoms with Gasteiger partial charge in [-0.3, -0.25) is 19.5 Å². The van der Waals surface area contributed by atoms with Crippen molar-refractivity contribution >= 4 is 34.7 Å². The summed E-state index contributed by atoms with van der Waals surface area (Å²) < 4.78 is 5.78. The van der Waals surface area contributed by atoms with Gasteiger partial charge in [-0.25, -0.2) is 0 Å². The van der Waals surface area contributed by atoms with Crippen LogP contribution in [0, 0.1) is 13.8 Å². The third-order valence-corrected chi connectivity index (χ3v) is 6.13. The average Bonchev–Trinajstić information content (AvgIpc) is 3.07. The molecule has 1 saturated heterocycles. The minimum atomic E-state index is -0.912. The van der Waals surface area contributed by atoms with Crippen molar-refractivity contribution in [1.82, 2.24) is 4.98 Å². The van der Waals surface area contributed by atoms with E-state index in [1.165, 1.54) is 4.90 Å². The highest BCUT2D eigenvalue weighted by molar-refractivity contribution is 6.52. The van der Waals surface area contributed by atoms with Gasteiger partial charge in [0, 0.05) is 22.5 Å². The normalized spacial score (nSPS) is 17.5. The number of hydrogen-bond donors (Lipinski definition) is 1. The standard InChI is InChI=1S/C27H25ClN2O4/c1-15(2)34-22-12-11-18(14-16(22)3)25(31)23-24(20-9-5-6-13-29-20)30(27(33)26(23)32)21-10-7-8-19(28)17(21)4/h5-15,24,31H,1-4H3/b25-23+. The smallest absolute Gasteiger partial charge is 0.300 e. The summed E-state index contributed by atoms with van der Waals surface area (Å²) in [5.74, 6) is -1.12. The number of pyridine rings is 1. The molecule has 6 nitrogen and oxygen atoms in total. The van der Waals surface area contributed by atoms with Gasteiger partial charge in [0.15, 0.2) is 0 Å². The molecule has 2 aromatic carbocycles. The number of aliphatic hydroxyl groups is 1. The van der Waals surface area contributed by atoms with E-state index in [0.29, 0.717) is 33.3 Å². The van der Waals surface area contributed by atoms with Crippen LogP contribution in [0.25, 0.3) is 5.76 Å². The third-order valence-electron chi connectivity index (χ3n) is 5.72. The number of halogens is 1. The van der Waals surface area contributed by atoms with Crippen molar-refractivity contribution in [2.45, 2.75) is 39.8 Å². The first-order chi connectivity index (χ1) is 16.2. The Morgan fingerprint density at radius 2 is 1.85 bits per heavy atom.